The van der Waals surface area contributed by atoms with E-state index in [1.54, 1.807) is 5.38 Å². The van der Waals surface area contributed by atoms with Crippen molar-refractivity contribution in [1.82, 2.24) is 15.2 Å². The van der Waals surface area contributed by atoms with Gasteiger partial charge in [-0.2, -0.15) is 0 Å². The van der Waals surface area contributed by atoms with E-state index in [2.05, 4.69) is 15.8 Å². The van der Waals surface area contributed by atoms with Gasteiger partial charge in [0.25, 0.3) is 11.8 Å². The maximum absolute atomic E-state index is 13.7. The molecule has 3 aliphatic rings. The smallest absolute Gasteiger partial charge is 0.352 e. The zero-order valence-electron chi connectivity index (χ0n) is 27.6. The number of anilines is 1. The number of benzene rings is 3. The van der Waals surface area contributed by atoms with Crippen LogP contribution >= 0.6 is 23.1 Å². The quantitative estimate of drug-likeness (QED) is 0.0621. The summed E-state index contributed by atoms with van der Waals surface area (Å²) in [6, 6.07) is 29.0. The van der Waals surface area contributed by atoms with E-state index in [1.165, 1.54) is 37.3 Å². The zero-order chi connectivity index (χ0) is 35.8. The number of nitrogens with zero attached hydrogens (tertiary/aromatic N) is 3. The fourth-order valence-corrected chi connectivity index (χ4v) is 9.06. The van der Waals surface area contributed by atoms with Gasteiger partial charge < -0.3 is 25.3 Å². The van der Waals surface area contributed by atoms with Gasteiger partial charge in [0.1, 0.15) is 35.5 Å². The number of carboxylic acid groups (broad SMARTS) is 1. The topological polar surface area (TPSA) is 160 Å². The van der Waals surface area contributed by atoms with Gasteiger partial charge in [0, 0.05) is 11.1 Å². The molecule has 1 aromatic heterocycles. The number of carboxylic acids is 1. The molecule has 1 saturated heterocycles. The van der Waals surface area contributed by atoms with Crippen LogP contribution in [0.25, 0.3) is 0 Å². The van der Waals surface area contributed by atoms with Crippen LogP contribution in [-0.2, 0) is 34.3 Å². The van der Waals surface area contributed by atoms with E-state index in [0.29, 0.717) is 23.5 Å². The Morgan fingerprint density at radius 3 is 2.00 bits per heavy atom. The van der Waals surface area contributed by atoms with E-state index in [4.69, 9.17) is 14.6 Å². The molecule has 0 bridgehead atoms. The molecule has 0 unspecified atom stereocenters. The average Bonchev–Trinajstić information content (AvgIpc) is 3.86. The van der Waals surface area contributed by atoms with Crippen LogP contribution < -0.4 is 10.6 Å². The molecular weight excluding hydrogens is 691 g/mol. The van der Waals surface area contributed by atoms with Gasteiger partial charge in [-0.1, -0.05) is 96.2 Å². The minimum absolute atomic E-state index is 0.157. The van der Waals surface area contributed by atoms with Gasteiger partial charge in [-0.15, -0.1) is 23.1 Å². The van der Waals surface area contributed by atoms with Gasteiger partial charge in [0.05, 0.1) is 12.5 Å². The van der Waals surface area contributed by atoms with E-state index in [9.17, 15) is 24.3 Å². The standard InChI is InChI=1S/C37H33N5O7S2/c1-48-34(47)36(18-19-36)25-20-50-32-28(31(44)42(32)29(25)33(45)46)39-30(43)27(41-49-2)26-21-51-35(38-26)40-37(22-12-6-3-7-13-22,23-14-8-4-9-15-23)24-16-10-5-11-17-24/h3-17,21,28,32H,18-20H2,1-2H3,(H,38,40)(H,39,43)(H,45,46)/b41-27+/t28-,32-/m1/s1. The van der Waals surface area contributed by atoms with Crippen LogP contribution in [0, 0.1) is 5.41 Å². The van der Waals surface area contributed by atoms with Crippen LogP contribution in [0.3, 0.4) is 0 Å². The Kier molecular flexibility index (Phi) is 9.12. The number of ether oxygens (including phenoxy) is 1. The van der Waals surface area contributed by atoms with Crippen LogP contribution in [0.1, 0.15) is 35.2 Å². The monoisotopic (exact) mass is 723 g/mol. The lowest BCUT2D eigenvalue weighted by Gasteiger charge is -2.50. The Bertz CT molecular complexity index is 1950. The fourth-order valence-electron chi connectivity index (χ4n) is 6.82. The number of carbonyl (C=O) groups excluding carboxylic acids is 3. The van der Waals surface area contributed by atoms with Crippen LogP contribution in [0.15, 0.2) is 113 Å². The van der Waals surface area contributed by atoms with Gasteiger partial charge in [-0.05, 0) is 35.1 Å². The van der Waals surface area contributed by atoms with E-state index in [0.717, 1.165) is 21.6 Å². The zero-order valence-corrected chi connectivity index (χ0v) is 29.2. The Morgan fingerprint density at radius 1 is 0.941 bits per heavy atom. The summed E-state index contributed by atoms with van der Waals surface area (Å²) in [6.45, 7) is 0. The molecule has 14 heteroatoms. The predicted molar refractivity (Wildman–Crippen MR) is 192 cm³/mol. The molecule has 51 heavy (non-hydrogen) atoms. The number of aliphatic carboxylic acids is 1. The molecule has 260 valence electrons. The second-order valence-corrected chi connectivity index (χ2v) is 14.2. The third-order valence-electron chi connectivity index (χ3n) is 9.42. The SMILES string of the molecule is CO/N=C(/C(=O)N[C@@H]1C(=O)N2C(C(=O)O)=C(C3(C(=O)OC)CC3)CS[C@H]12)c1csc(NC(c2ccccc2)(c2ccccc2)c2ccccc2)n1. The molecule has 3 N–H and O–H groups in total. The second-order valence-electron chi connectivity index (χ2n) is 12.2. The lowest BCUT2D eigenvalue weighted by Crippen LogP contribution is -2.71. The summed E-state index contributed by atoms with van der Waals surface area (Å²) in [6.07, 6.45) is 0.896. The highest BCUT2D eigenvalue weighted by molar-refractivity contribution is 8.00. The summed E-state index contributed by atoms with van der Waals surface area (Å²) in [4.78, 5) is 63.2. The number of rotatable bonds is 12. The minimum atomic E-state index is -1.31. The Morgan fingerprint density at radius 2 is 1.51 bits per heavy atom. The molecule has 1 saturated carbocycles. The van der Waals surface area contributed by atoms with E-state index >= 15 is 0 Å². The van der Waals surface area contributed by atoms with Crippen molar-refractivity contribution in [3.8, 4) is 0 Å². The third kappa shape index (κ3) is 5.83. The van der Waals surface area contributed by atoms with Crippen LogP contribution in [-0.4, -0.2) is 75.8 Å². The number of carbonyl (C=O) groups is 4. The fraction of sp³-hybridized carbons (Fsp3) is 0.243. The van der Waals surface area contributed by atoms with Crippen molar-refractivity contribution in [2.75, 3.05) is 25.3 Å². The summed E-state index contributed by atoms with van der Waals surface area (Å²) in [5, 5.41) is 22.0. The molecule has 4 aromatic rings. The summed E-state index contributed by atoms with van der Waals surface area (Å²) in [7, 11) is 2.56. The number of methoxy groups -OCH3 is 1. The summed E-state index contributed by atoms with van der Waals surface area (Å²) in [5.74, 6) is -2.95. The maximum Gasteiger partial charge on any atom is 0.352 e. The number of thiazole rings is 1. The van der Waals surface area contributed by atoms with Crippen molar-refractivity contribution in [3.05, 3.63) is 130 Å². The van der Waals surface area contributed by atoms with Gasteiger partial charge in [0.2, 0.25) is 0 Å². The van der Waals surface area contributed by atoms with Gasteiger partial charge >= 0.3 is 11.9 Å². The number of β-lactam (4-membered cyclic amide) rings is 1. The molecule has 2 aliphatic heterocycles. The maximum atomic E-state index is 13.7. The van der Waals surface area contributed by atoms with Gasteiger partial charge in [-0.3, -0.25) is 19.3 Å². The van der Waals surface area contributed by atoms with Gasteiger partial charge in [0.15, 0.2) is 10.8 Å². The number of amides is 2. The van der Waals surface area contributed by atoms with E-state index in [-0.39, 0.29) is 22.9 Å². The lowest BCUT2D eigenvalue weighted by molar-refractivity contribution is -0.151. The molecule has 12 nitrogen and oxygen atoms in total. The molecule has 0 radical (unpaired) electrons. The summed E-state index contributed by atoms with van der Waals surface area (Å²) >= 11 is 2.56. The number of thioether (sulfide) groups is 1. The van der Waals surface area contributed by atoms with Crippen LogP contribution in [0.4, 0.5) is 5.13 Å². The normalized spacial score (nSPS) is 19.4. The molecule has 3 heterocycles. The van der Waals surface area contributed by atoms with Crippen molar-refractivity contribution < 1.29 is 33.9 Å². The second kappa shape index (κ2) is 13.7. The van der Waals surface area contributed by atoms with Gasteiger partial charge in [-0.25, -0.2) is 9.78 Å². The first-order valence-corrected chi connectivity index (χ1v) is 18.0. The number of nitrogens with one attached hydrogen (secondary N) is 2. The molecular formula is C37H33N5O7S2. The molecule has 3 aromatic carbocycles. The molecule has 1 aliphatic carbocycles. The number of esters is 1. The van der Waals surface area contributed by atoms with Crippen molar-refractivity contribution in [2.45, 2.75) is 29.8 Å². The Balaban J connectivity index is 1.16. The number of fused-ring (bicyclic) bond motifs is 1. The first kappa shape index (κ1) is 34.0. The predicted octanol–water partition coefficient (Wildman–Crippen LogP) is 4.59. The van der Waals surface area contributed by atoms with E-state index in [1.807, 2.05) is 91.0 Å². The molecule has 0 spiro atoms. The molecule has 2 fully saturated rings. The summed E-state index contributed by atoms with van der Waals surface area (Å²) < 4.78 is 4.96. The number of aromatic nitrogens is 1. The minimum Gasteiger partial charge on any atom is -0.477 e. The lowest BCUT2D eigenvalue weighted by atomic mass is 9.77. The first-order chi connectivity index (χ1) is 24.7. The average molecular weight is 724 g/mol. The number of oxime groups is 1. The van der Waals surface area contributed by atoms with Crippen molar-refractivity contribution in [1.29, 1.82) is 0 Å². The van der Waals surface area contributed by atoms with Crippen molar-refractivity contribution in [3.63, 3.8) is 0 Å². The number of hydrogen-bond acceptors (Lipinski definition) is 11. The Labute approximate surface area is 301 Å². The van der Waals surface area contributed by atoms with E-state index < -0.39 is 46.1 Å². The molecule has 2 amide bonds. The van der Waals surface area contributed by atoms with Crippen LogP contribution in [0.2, 0.25) is 0 Å². The largest absolute Gasteiger partial charge is 0.477 e. The first-order valence-electron chi connectivity index (χ1n) is 16.1. The highest BCUT2D eigenvalue weighted by Gasteiger charge is 2.62. The highest BCUT2D eigenvalue weighted by Crippen LogP contribution is 2.58. The van der Waals surface area contributed by atoms with Crippen LogP contribution in [0.5, 0.6) is 0 Å². The Hall–Kier alpha value is -5.47. The highest BCUT2D eigenvalue weighted by atomic mass is 32.2. The molecule has 2 atom stereocenters. The summed E-state index contributed by atoms with van der Waals surface area (Å²) in [5.41, 5.74) is 1.21. The van der Waals surface area contributed by atoms with Crippen molar-refractivity contribution >= 4 is 57.7 Å². The number of hydrogen-bond donors (Lipinski definition) is 3. The third-order valence-corrected chi connectivity index (χ3v) is 11.5. The van der Waals surface area contributed by atoms with Crippen molar-refractivity contribution in [2.24, 2.45) is 10.6 Å². The molecule has 7 rings (SSSR count).